The Balaban J connectivity index is 1.55. The van der Waals surface area contributed by atoms with Crippen LogP contribution in [0.1, 0.15) is 23.4 Å². The maximum Gasteiger partial charge on any atom is 0.445 e. The van der Waals surface area contributed by atoms with Crippen LogP contribution in [-0.4, -0.2) is 42.1 Å². The number of rotatable bonds is 5. The highest BCUT2D eigenvalue weighted by atomic mass is 32.2. The SMILES string of the molecule is O=S(=O)(Cc1ccccc1)N1CCC(Nc2nnc(C(F)(F)F)s2)CC1. The predicted molar refractivity (Wildman–Crippen MR) is 92.2 cm³/mol. The van der Waals surface area contributed by atoms with E-state index in [0.29, 0.717) is 37.3 Å². The van der Waals surface area contributed by atoms with Crippen LogP contribution in [0.4, 0.5) is 18.3 Å². The highest BCUT2D eigenvalue weighted by Crippen LogP contribution is 2.33. The number of alkyl halides is 3. The van der Waals surface area contributed by atoms with Gasteiger partial charge in [-0.15, -0.1) is 10.2 Å². The number of piperidine rings is 1. The number of hydrogen-bond acceptors (Lipinski definition) is 6. The number of sulfonamides is 1. The minimum absolute atomic E-state index is 0.0583. The number of nitrogens with one attached hydrogen (secondary N) is 1. The zero-order chi connectivity index (χ0) is 18.8. The molecule has 0 saturated carbocycles. The van der Waals surface area contributed by atoms with Crippen LogP contribution >= 0.6 is 11.3 Å². The minimum atomic E-state index is -4.51. The van der Waals surface area contributed by atoms with Gasteiger partial charge < -0.3 is 5.32 Å². The van der Waals surface area contributed by atoms with Crippen molar-refractivity contribution in [1.29, 1.82) is 0 Å². The molecule has 0 atom stereocenters. The summed E-state index contributed by atoms with van der Waals surface area (Å²) >= 11 is 0.451. The van der Waals surface area contributed by atoms with Crippen molar-refractivity contribution in [1.82, 2.24) is 14.5 Å². The molecule has 1 aliphatic heterocycles. The van der Waals surface area contributed by atoms with Gasteiger partial charge in [-0.2, -0.15) is 13.2 Å². The van der Waals surface area contributed by atoms with Gasteiger partial charge in [-0.3, -0.25) is 0 Å². The van der Waals surface area contributed by atoms with Crippen LogP contribution in [-0.2, 0) is 22.0 Å². The van der Waals surface area contributed by atoms with Crippen molar-refractivity contribution in [2.24, 2.45) is 0 Å². The third-order valence-corrected chi connectivity index (χ3v) is 6.78. The van der Waals surface area contributed by atoms with Crippen molar-refractivity contribution in [2.75, 3.05) is 18.4 Å². The van der Waals surface area contributed by atoms with Crippen LogP contribution in [0.25, 0.3) is 0 Å². The highest BCUT2D eigenvalue weighted by molar-refractivity contribution is 7.88. The Labute approximate surface area is 153 Å². The largest absolute Gasteiger partial charge is 0.445 e. The third kappa shape index (κ3) is 4.71. The molecule has 0 unspecified atom stereocenters. The first-order chi connectivity index (χ1) is 12.2. The molecule has 1 N–H and O–H groups in total. The molecule has 1 saturated heterocycles. The summed E-state index contributed by atoms with van der Waals surface area (Å²) in [6.45, 7) is 0.634. The summed E-state index contributed by atoms with van der Waals surface area (Å²) in [5.74, 6) is -0.0583. The Morgan fingerprint density at radius 3 is 2.38 bits per heavy atom. The van der Waals surface area contributed by atoms with Crippen molar-refractivity contribution in [3.8, 4) is 0 Å². The molecule has 1 aliphatic rings. The van der Waals surface area contributed by atoms with E-state index in [0.717, 1.165) is 5.56 Å². The predicted octanol–water partition coefficient (Wildman–Crippen LogP) is 2.96. The average Bonchev–Trinajstić information content (AvgIpc) is 3.05. The van der Waals surface area contributed by atoms with Gasteiger partial charge in [-0.05, 0) is 18.4 Å². The second-order valence-electron chi connectivity index (χ2n) is 5.97. The standard InChI is InChI=1S/C15H17F3N4O2S2/c16-15(17,18)13-20-21-14(25-13)19-12-6-8-22(9-7-12)26(23,24)10-11-4-2-1-3-5-11/h1-5,12H,6-10H2,(H,19,21). The van der Waals surface area contributed by atoms with E-state index in [1.165, 1.54) is 4.31 Å². The number of anilines is 1. The summed E-state index contributed by atoms with van der Waals surface area (Å²) in [5.41, 5.74) is 0.723. The fourth-order valence-corrected chi connectivity index (χ4v) is 4.98. The number of aromatic nitrogens is 2. The lowest BCUT2D eigenvalue weighted by Crippen LogP contribution is -2.42. The number of nitrogens with zero attached hydrogens (tertiary/aromatic N) is 3. The highest BCUT2D eigenvalue weighted by Gasteiger charge is 2.36. The number of hydrogen-bond donors (Lipinski definition) is 1. The van der Waals surface area contributed by atoms with Crippen molar-refractivity contribution < 1.29 is 21.6 Å². The van der Waals surface area contributed by atoms with Gasteiger partial charge in [0, 0.05) is 19.1 Å². The normalized spacial score (nSPS) is 17.3. The Morgan fingerprint density at radius 1 is 1.15 bits per heavy atom. The molecule has 0 radical (unpaired) electrons. The smallest absolute Gasteiger partial charge is 0.357 e. The molecular weight excluding hydrogens is 389 g/mol. The molecule has 3 rings (SSSR count). The van der Waals surface area contributed by atoms with E-state index in [9.17, 15) is 21.6 Å². The van der Waals surface area contributed by atoms with E-state index in [1.807, 2.05) is 6.07 Å². The molecule has 26 heavy (non-hydrogen) atoms. The molecule has 11 heteroatoms. The lowest BCUT2D eigenvalue weighted by Gasteiger charge is -2.31. The molecule has 0 spiro atoms. The maximum atomic E-state index is 12.5. The van der Waals surface area contributed by atoms with E-state index >= 15 is 0 Å². The van der Waals surface area contributed by atoms with E-state index in [2.05, 4.69) is 15.5 Å². The van der Waals surface area contributed by atoms with Gasteiger partial charge in [0.05, 0.1) is 5.75 Å². The number of benzene rings is 1. The van der Waals surface area contributed by atoms with Crippen molar-refractivity contribution in [2.45, 2.75) is 30.8 Å². The molecule has 1 aromatic carbocycles. The summed E-state index contributed by atoms with van der Waals surface area (Å²) in [4.78, 5) is 0. The summed E-state index contributed by atoms with van der Waals surface area (Å²) in [5, 5.41) is 8.66. The summed E-state index contributed by atoms with van der Waals surface area (Å²) in [6.07, 6.45) is -3.52. The molecule has 1 aromatic heterocycles. The Morgan fingerprint density at radius 2 is 1.81 bits per heavy atom. The maximum absolute atomic E-state index is 12.5. The molecule has 1 fully saturated rings. The van der Waals surface area contributed by atoms with Crippen LogP contribution in [0.15, 0.2) is 30.3 Å². The van der Waals surface area contributed by atoms with Crippen LogP contribution in [0.2, 0.25) is 0 Å². The van der Waals surface area contributed by atoms with E-state index in [4.69, 9.17) is 0 Å². The van der Waals surface area contributed by atoms with Crippen LogP contribution in [0.3, 0.4) is 0 Å². The van der Waals surface area contributed by atoms with Crippen LogP contribution in [0, 0.1) is 0 Å². The summed E-state index contributed by atoms with van der Waals surface area (Å²) in [7, 11) is -3.42. The van der Waals surface area contributed by atoms with Crippen molar-refractivity contribution in [3.05, 3.63) is 40.9 Å². The quantitative estimate of drug-likeness (QED) is 0.826. The van der Waals surface area contributed by atoms with Gasteiger partial charge in [0.2, 0.25) is 20.2 Å². The lowest BCUT2D eigenvalue weighted by molar-refractivity contribution is -0.138. The molecule has 6 nitrogen and oxygen atoms in total. The molecule has 0 bridgehead atoms. The van der Waals surface area contributed by atoms with Crippen LogP contribution in [0.5, 0.6) is 0 Å². The average molecular weight is 406 g/mol. The Bertz CT molecular complexity index is 832. The second kappa shape index (κ2) is 7.49. The van der Waals surface area contributed by atoms with Crippen molar-refractivity contribution >= 4 is 26.5 Å². The van der Waals surface area contributed by atoms with E-state index < -0.39 is 21.2 Å². The Hall–Kier alpha value is -1.72. The van der Waals surface area contributed by atoms with E-state index in [1.54, 1.807) is 24.3 Å². The molecule has 0 aliphatic carbocycles. The molecule has 142 valence electrons. The molecule has 0 amide bonds. The van der Waals surface area contributed by atoms with Gasteiger partial charge in [0.1, 0.15) is 0 Å². The van der Waals surface area contributed by atoms with Gasteiger partial charge in [0.25, 0.3) is 0 Å². The first kappa shape index (κ1) is 19.1. The lowest BCUT2D eigenvalue weighted by atomic mass is 10.1. The molecule has 2 aromatic rings. The second-order valence-corrected chi connectivity index (χ2v) is 8.92. The van der Waals surface area contributed by atoms with Gasteiger partial charge >= 0.3 is 6.18 Å². The fraction of sp³-hybridized carbons (Fsp3) is 0.467. The van der Waals surface area contributed by atoms with Gasteiger partial charge in [-0.1, -0.05) is 41.7 Å². The minimum Gasteiger partial charge on any atom is -0.357 e. The van der Waals surface area contributed by atoms with Gasteiger partial charge in [0.15, 0.2) is 0 Å². The molecule has 2 heterocycles. The summed E-state index contributed by atoms with van der Waals surface area (Å²) < 4.78 is 64.1. The Kier molecular flexibility index (Phi) is 5.49. The first-order valence-corrected chi connectivity index (χ1v) is 10.4. The summed E-state index contributed by atoms with van der Waals surface area (Å²) in [6, 6.07) is 8.80. The molecular formula is C15H17F3N4O2S2. The topological polar surface area (TPSA) is 75.2 Å². The van der Waals surface area contributed by atoms with Crippen molar-refractivity contribution in [3.63, 3.8) is 0 Å². The fourth-order valence-electron chi connectivity index (χ4n) is 2.73. The zero-order valence-corrected chi connectivity index (χ0v) is 15.2. The first-order valence-electron chi connectivity index (χ1n) is 7.93. The van der Waals surface area contributed by atoms with E-state index in [-0.39, 0.29) is 16.9 Å². The van der Waals surface area contributed by atoms with Gasteiger partial charge in [-0.25, -0.2) is 12.7 Å². The third-order valence-electron chi connectivity index (χ3n) is 4.03. The monoisotopic (exact) mass is 406 g/mol. The number of halogens is 3. The zero-order valence-electron chi connectivity index (χ0n) is 13.6. The van der Waals surface area contributed by atoms with Crippen LogP contribution < -0.4 is 5.32 Å².